The largest absolute Gasteiger partial charge is 0.495 e. The summed E-state index contributed by atoms with van der Waals surface area (Å²) in [5.74, 6) is 0.607. The minimum atomic E-state index is -0.828. The zero-order valence-electron chi connectivity index (χ0n) is 13.7. The first-order valence-corrected chi connectivity index (χ1v) is 8.26. The number of aliphatic hydroxyl groups is 2. The zero-order chi connectivity index (χ0) is 17.8. The van der Waals surface area contributed by atoms with Gasteiger partial charge in [0.2, 0.25) is 0 Å². The second-order valence-electron chi connectivity index (χ2n) is 5.64. The molecule has 0 amide bonds. The smallest absolute Gasteiger partial charge is 0.137 e. The van der Waals surface area contributed by atoms with Crippen LogP contribution < -0.4 is 10.1 Å². The quantitative estimate of drug-likeness (QED) is 0.630. The third-order valence-electron chi connectivity index (χ3n) is 3.90. The molecule has 0 spiro atoms. The van der Waals surface area contributed by atoms with E-state index in [-0.39, 0.29) is 13.2 Å². The fourth-order valence-electron chi connectivity index (χ4n) is 2.59. The lowest BCUT2D eigenvalue weighted by molar-refractivity contribution is 0.105. The number of hydrogen-bond donors (Lipinski definition) is 3. The Balaban J connectivity index is 2.05. The van der Waals surface area contributed by atoms with Gasteiger partial charge in [-0.2, -0.15) is 0 Å². The third-order valence-corrected chi connectivity index (χ3v) is 4.20. The zero-order valence-corrected chi connectivity index (χ0v) is 14.5. The summed E-state index contributed by atoms with van der Waals surface area (Å²) in [6, 6.07) is 15.2. The number of methoxy groups -OCH3 is 1. The summed E-state index contributed by atoms with van der Waals surface area (Å²) in [7, 11) is 1.57. The highest BCUT2D eigenvalue weighted by atomic mass is 35.5. The number of nitrogens with zero attached hydrogens (tertiary/aromatic N) is 1. The predicted molar refractivity (Wildman–Crippen MR) is 100 cm³/mol. The van der Waals surface area contributed by atoms with E-state index in [1.807, 2.05) is 42.5 Å². The molecule has 3 N–H and O–H groups in total. The van der Waals surface area contributed by atoms with Crippen molar-refractivity contribution in [1.82, 2.24) is 4.98 Å². The lowest BCUT2D eigenvalue weighted by atomic mass is 10.1. The molecule has 3 aromatic rings. The predicted octanol–water partition coefficient (Wildman–Crippen LogP) is 3.33. The molecule has 0 aliphatic carbocycles. The molecule has 0 saturated carbocycles. The van der Waals surface area contributed by atoms with Gasteiger partial charge in [0.15, 0.2) is 0 Å². The van der Waals surface area contributed by atoms with Crippen LogP contribution in [0.5, 0.6) is 5.75 Å². The van der Waals surface area contributed by atoms with E-state index in [1.165, 1.54) is 0 Å². The van der Waals surface area contributed by atoms with E-state index in [9.17, 15) is 5.11 Å². The average Bonchev–Trinajstić information content (AvgIpc) is 2.65. The van der Waals surface area contributed by atoms with E-state index in [1.54, 1.807) is 13.2 Å². The van der Waals surface area contributed by atoms with E-state index in [0.29, 0.717) is 10.8 Å². The van der Waals surface area contributed by atoms with E-state index in [4.69, 9.17) is 26.4 Å². The van der Waals surface area contributed by atoms with Crippen LogP contribution in [0.4, 0.5) is 5.69 Å². The number of aliphatic hydroxyl groups excluding tert-OH is 2. The fraction of sp³-hybridized carbons (Fsp3) is 0.211. The number of para-hydroxylation sites is 1. The van der Waals surface area contributed by atoms with Crippen molar-refractivity contribution in [2.45, 2.75) is 6.10 Å². The molecule has 0 aliphatic rings. The highest BCUT2D eigenvalue weighted by molar-refractivity contribution is 6.32. The number of rotatable bonds is 6. The summed E-state index contributed by atoms with van der Waals surface area (Å²) in [5.41, 5.74) is 3.28. The average molecular weight is 359 g/mol. The number of aromatic nitrogens is 1. The maximum atomic E-state index is 9.61. The van der Waals surface area contributed by atoms with Gasteiger partial charge in [-0.25, -0.2) is 4.98 Å². The monoisotopic (exact) mass is 358 g/mol. The van der Waals surface area contributed by atoms with E-state index in [0.717, 1.165) is 27.8 Å². The molecular weight excluding hydrogens is 340 g/mol. The molecule has 1 aromatic heterocycles. The van der Waals surface area contributed by atoms with Crippen LogP contribution in [-0.2, 0) is 0 Å². The van der Waals surface area contributed by atoms with Crippen LogP contribution in [-0.4, -0.2) is 41.6 Å². The van der Waals surface area contributed by atoms with Gasteiger partial charge in [0, 0.05) is 23.2 Å². The first-order valence-electron chi connectivity index (χ1n) is 7.89. The van der Waals surface area contributed by atoms with Crippen LogP contribution in [0.25, 0.3) is 22.2 Å². The number of hydrogen-bond acceptors (Lipinski definition) is 5. The molecule has 0 fully saturated rings. The fourth-order valence-corrected chi connectivity index (χ4v) is 2.85. The Morgan fingerprint density at radius 2 is 2.00 bits per heavy atom. The summed E-state index contributed by atoms with van der Waals surface area (Å²) in [5, 5.41) is 23.3. The van der Waals surface area contributed by atoms with Crippen molar-refractivity contribution >= 4 is 28.2 Å². The van der Waals surface area contributed by atoms with Crippen LogP contribution in [0.15, 0.2) is 48.5 Å². The molecule has 0 radical (unpaired) electrons. The van der Waals surface area contributed by atoms with Gasteiger partial charge >= 0.3 is 0 Å². The van der Waals surface area contributed by atoms with Crippen LogP contribution in [0.1, 0.15) is 0 Å². The minimum absolute atomic E-state index is 0.243. The van der Waals surface area contributed by atoms with Crippen LogP contribution in [0, 0.1) is 0 Å². The Bertz CT molecular complexity index is 886. The SMILES string of the molecule is COc1ccc(-c2cc(NC[C@H](O)CO)c3ccccc3n2)cc1Cl. The maximum absolute atomic E-state index is 9.61. The van der Waals surface area contributed by atoms with Gasteiger partial charge in [0.1, 0.15) is 5.75 Å². The Morgan fingerprint density at radius 1 is 1.20 bits per heavy atom. The van der Waals surface area contributed by atoms with Gasteiger partial charge in [-0.3, -0.25) is 0 Å². The summed E-state index contributed by atoms with van der Waals surface area (Å²) in [4.78, 5) is 4.70. The lowest BCUT2D eigenvalue weighted by Crippen LogP contribution is -2.23. The highest BCUT2D eigenvalue weighted by Gasteiger charge is 2.11. The first-order chi connectivity index (χ1) is 12.1. The molecule has 6 heteroatoms. The standard InChI is InChI=1S/C19H19ClN2O3/c1-25-19-7-6-12(8-15(19)20)17-9-18(21-10-13(24)11-23)14-4-2-3-5-16(14)22-17/h2-9,13,23-24H,10-11H2,1H3,(H,21,22)/t13-/m0/s1. The van der Waals surface area contributed by atoms with Crippen LogP contribution in [0.2, 0.25) is 5.02 Å². The maximum Gasteiger partial charge on any atom is 0.137 e. The Hall–Kier alpha value is -2.34. The molecular formula is C19H19ClN2O3. The van der Waals surface area contributed by atoms with Crippen molar-refractivity contribution in [2.24, 2.45) is 0 Å². The number of ether oxygens (including phenoxy) is 1. The van der Waals surface area contributed by atoms with E-state index < -0.39 is 6.10 Å². The Kier molecular flexibility index (Phi) is 5.38. The molecule has 25 heavy (non-hydrogen) atoms. The Morgan fingerprint density at radius 3 is 2.72 bits per heavy atom. The third kappa shape index (κ3) is 3.85. The normalized spacial score (nSPS) is 12.2. The van der Waals surface area contributed by atoms with Gasteiger partial charge in [-0.15, -0.1) is 0 Å². The lowest BCUT2D eigenvalue weighted by Gasteiger charge is -2.14. The molecule has 0 unspecified atom stereocenters. The number of pyridine rings is 1. The number of halogens is 1. The van der Waals surface area contributed by atoms with Crippen molar-refractivity contribution in [3.8, 4) is 17.0 Å². The van der Waals surface area contributed by atoms with Crippen molar-refractivity contribution < 1.29 is 14.9 Å². The van der Waals surface area contributed by atoms with Gasteiger partial charge in [0.25, 0.3) is 0 Å². The molecule has 1 atom stereocenters. The van der Waals surface area contributed by atoms with Crippen molar-refractivity contribution in [3.05, 3.63) is 53.6 Å². The van der Waals surface area contributed by atoms with E-state index in [2.05, 4.69) is 5.32 Å². The van der Waals surface area contributed by atoms with Crippen molar-refractivity contribution in [3.63, 3.8) is 0 Å². The highest BCUT2D eigenvalue weighted by Crippen LogP contribution is 2.32. The second kappa shape index (κ2) is 7.70. The van der Waals surface area contributed by atoms with Crippen molar-refractivity contribution in [2.75, 3.05) is 25.6 Å². The molecule has 5 nitrogen and oxygen atoms in total. The van der Waals surface area contributed by atoms with Gasteiger partial charge < -0.3 is 20.3 Å². The molecule has 2 aromatic carbocycles. The summed E-state index contributed by atoms with van der Waals surface area (Å²) >= 11 is 6.23. The number of fused-ring (bicyclic) bond motifs is 1. The molecule has 1 heterocycles. The first kappa shape index (κ1) is 17.5. The summed E-state index contributed by atoms with van der Waals surface area (Å²) in [6.07, 6.45) is -0.828. The number of benzene rings is 2. The van der Waals surface area contributed by atoms with Crippen LogP contribution in [0.3, 0.4) is 0 Å². The summed E-state index contributed by atoms with van der Waals surface area (Å²) in [6.45, 7) is -0.0513. The molecule has 3 rings (SSSR count). The topological polar surface area (TPSA) is 74.6 Å². The minimum Gasteiger partial charge on any atom is -0.495 e. The Labute approximate surface area is 150 Å². The van der Waals surface area contributed by atoms with Crippen LogP contribution >= 0.6 is 11.6 Å². The van der Waals surface area contributed by atoms with Gasteiger partial charge in [-0.1, -0.05) is 29.8 Å². The second-order valence-corrected chi connectivity index (χ2v) is 6.05. The molecule has 0 bridgehead atoms. The van der Waals surface area contributed by atoms with Gasteiger partial charge in [-0.05, 0) is 30.3 Å². The van der Waals surface area contributed by atoms with E-state index >= 15 is 0 Å². The molecule has 130 valence electrons. The summed E-state index contributed by atoms with van der Waals surface area (Å²) < 4.78 is 5.19. The van der Waals surface area contributed by atoms with Gasteiger partial charge in [0.05, 0.1) is 36.1 Å². The number of anilines is 1. The number of nitrogens with one attached hydrogen (secondary N) is 1. The molecule has 0 saturated heterocycles. The molecule has 0 aliphatic heterocycles. The van der Waals surface area contributed by atoms with Crippen molar-refractivity contribution in [1.29, 1.82) is 0 Å².